The first-order valence-electron chi connectivity index (χ1n) is 8.91. The van der Waals surface area contributed by atoms with Crippen molar-refractivity contribution in [2.24, 2.45) is 0 Å². The summed E-state index contributed by atoms with van der Waals surface area (Å²) in [6.45, 7) is 1.54. The Morgan fingerprint density at radius 1 is 1.21 bits per heavy atom. The van der Waals surface area contributed by atoms with Crippen LogP contribution in [0.25, 0.3) is 0 Å². The van der Waals surface area contributed by atoms with Gasteiger partial charge in [0.15, 0.2) is 0 Å². The van der Waals surface area contributed by atoms with Crippen LogP contribution in [-0.4, -0.2) is 63.2 Å². The van der Waals surface area contributed by atoms with Gasteiger partial charge in [0.25, 0.3) is 0 Å². The zero-order valence-electron chi connectivity index (χ0n) is 16.4. The number of sulfonamides is 1. The van der Waals surface area contributed by atoms with Crippen molar-refractivity contribution in [3.05, 3.63) is 16.0 Å². The number of ether oxygens (including phenoxy) is 3. The number of nitrogen functional groups attached to an aromatic ring is 1. The van der Waals surface area contributed by atoms with Crippen molar-refractivity contribution in [2.45, 2.75) is 38.8 Å². The molecule has 1 atom stereocenters. The van der Waals surface area contributed by atoms with Gasteiger partial charge in [-0.25, -0.2) is 18.0 Å². The molecule has 10 nitrogen and oxygen atoms in total. The lowest BCUT2D eigenvalue weighted by atomic mass is 10.1. The van der Waals surface area contributed by atoms with Crippen LogP contribution < -0.4 is 5.73 Å². The molecule has 1 aromatic heterocycles. The van der Waals surface area contributed by atoms with Crippen LogP contribution in [0.3, 0.4) is 0 Å². The van der Waals surface area contributed by atoms with Crippen molar-refractivity contribution >= 4 is 44.3 Å². The minimum atomic E-state index is -3.57. The maximum absolute atomic E-state index is 12.6. The Morgan fingerprint density at radius 2 is 1.86 bits per heavy atom. The zero-order valence-corrected chi connectivity index (χ0v) is 18.1. The van der Waals surface area contributed by atoms with Gasteiger partial charge in [0.2, 0.25) is 10.0 Å². The van der Waals surface area contributed by atoms with E-state index in [-0.39, 0.29) is 33.3 Å². The van der Waals surface area contributed by atoms with Gasteiger partial charge in [0.05, 0.1) is 20.0 Å². The molecule has 0 amide bonds. The topological polar surface area (TPSA) is 142 Å². The highest BCUT2D eigenvalue weighted by atomic mass is 32.2. The second-order valence-corrected chi connectivity index (χ2v) is 9.42. The highest BCUT2D eigenvalue weighted by Gasteiger charge is 2.39. The van der Waals surface area contributed by atoms with E-state index in [1.807, 2.05) is 0 Å². The second kappa shape index (κ2) is 9.55. The highest BCUT2D eigenvalue weighted by Crippen LogP contribution is 2.33. The monoisotopic (exact) mass is 448 g/mol. The number of carbonyl (C=O) groups excluding carboxylic acids is 3. The standard InChI is InChI=1S/C17H24N2O8S2/c1-4-8-29(23,24)19-7-5-6-11(19)15(20)27-9-10-12(16(21)25-2)14(18)28-13(10)17(22)26-3/h11H,4-9,18H2,1-3H3. The van der Waals surface area contributed by atoms with Gasteiger partial charge in [-0.3, -0.25) is 4.79 Å². The van der Waals surface area contributed by atoms with Crippen LogP contribution >= 0.6 is 11.3 Å². The van der Waals surface area contributed by atoms with E-state index >= 15 is 0 Å². The smallest absolute Gasteiger partial charge is 0.348 e. The van der Waals surface area contributed by atoms with Gasteiger partial charge < -0.3 is 19.9 Å². The fourth-order valence-electron chi connectivity index (χ4n) is 3.13. The molecule has 0 radical (unpaired) electrons. The molecule has 29 heavy (non-hydrogen) atoms. The van der Waals surface area contributed by atoms with Crippen LogP contribution in [-0.2, 0) is 35.6 Å². The van der Waals surface area contributed by atoms with Crippen molar-refractivity contribution in [2.75, 3.05) is 32.3 Å². The molecule has 2 rings (SSSR count). The summed E-state index contributed by atoms with van der Waals surface area (Å²) in [4.78, 5) is 36.7. The Balaban J connectivity index is 2.25. The van der Waals surface area contributed by atoms with Crippen LogP contribution in [0.2, 0.25) is 0 Å². The van der Waals surface area contributed by atoms with Gasteiger partial charge in [-0.15, -0.1) is 11.3 Å². The molecule has 0 aliphatic carbocycles. The normalized spacial score (nSPS) is 17.1. The van der Waals surface area contributed by atoms with Crippen molar-refractivity contribution in [1.82, 2.24) is 4.31 Å². The number of esters is 3. The molecule has 0 saturated carbocycles. The van der Waals surface area contributed by atoms with Gasteiger partial charge in [0.1, 0.15) is 28.1 Å². The zero-order chi connectivity index (χ0) is 21.8. The first-order chi connectivity index (χ1) is 13.7. The molecule has 0 spiro atoms. The van der Waals surface area contributed by atoms with E-state index in [2.05, 4.69) is 9.47 Å². The number of carbonyl (C=O) groups is 3. The van der Waals surface area contributed by atoms with Gasteiger partial charge in [-0.05, 0) is 19.3 Å². The summed E-state index contributed by atoms with van der Waals surface area (Å²) in [6.07, 6.45) is 1.30. The van der Waals surface area contributed by atoms with Crippen molar-refractivity contribution < 1.29 is 37.0 Å². The third-order valence-corrected chi connectivity index (χ3v) is 7.57. The molecule has 1 saturated heterocycles. The predicted molar refractivity (Wildman–Crippen MR) is 105 cm³/mol. The highest BCUT2D eigenvalue weighted by molar-refractivity contribution is 7.89. The molecule has 0 aromatic carbocycles. The molecule has 1 fully saturated rings. The average molecular weight is 449 g/mol. The van der Waals surface area contributed by atoms with Gasteiger partial charge in [-0.2, -0.15) is 4.31 Å². The maximum Gasteiger partial charge on any atom is 0.348 e. The van der Waals surface area contributed by atoms with Crippen LogP contribution in [0.4, 0.5) is 5.00 Å². The number of anilines is 1. The van der Waals surface area contributed by atoms with E-state index in [1.165, 1.54) is 7.11 Å². The Morgan fingerprint density at radius 3 is 2.45 bits per heavy atom. The van der Waals surface area contributed by atoms with Crippen molar-refractivity contribution in [1.29, 1.82) is 0 Å². The fraction of sp³-hybridized carbons (Fsp3) is 0.588. The summed E-state index contributed by atoms with van der Waals surface area (Å²) in [6, 6.07) is -0.939. The molecule has 1 unspecified atom stereocenters. The van der Waals surface area contributed by atoms with E-state index in [1.54, 1.807) is 6.92 Å². The number of methoxy groups -OCH3 is 2. The van der Waals surface area contributed by atoms with Gasteiger partial charge in [-0.1, -0.05) is 6.92 Å². The Labute approximate surface area is 172 Å². The summed E-state index contributed by atoms with van der Waals surface area (Å²) < 4.78 is 40.6. The predicted octanol–water partition coefficient (Wildman–Crippen LogP) is 1.15. The number of rotatable bonds is 8. The molecular weight excluding hydrogens is 424 g/mol. The maximum atomic E-state index is 12.6. The fourth-order valence-corrected chi connectivity index (χ4v) is 5.85. The van der Waals surface area contributed by atoms with E-state index in [4.69, 9.17) is 10.5 Å². The number of hydrogen-bond donors (Lipinski definition) is 1. The van der Waals surface area contributed by atoms with Gasteiger partial charge >= 0.3 is 17.9 Å². The number of nitrogens with zero attached hydrogens (tertiary/aromatic N) is 1. The minimum Gasteiger partial charge on any atom is -0.465 e. The first kappa shape index (κ1) is 23.1. The second-order valence-electron chi connectivity index (χ2n) is 6.32. The van der Waals surface area contributed by atoms with E-state index in [0.717, 1.165) is 22.8 Å². The summed E-state index contributed by atoms with van der Waals surface area (Å²) in [5, 5.41) is 0.0244. The molecule has 0 bridgehead atoms. The summed E-state index contributed by atoms with van der Waals surface area (Å²) in [7, 11) is -1.25. The summed E-state index contributed by atoms with van der Waals surface area (Å²) in [5.74, 6) is -2.33. The lowest BCUT2D eigenvalue weighted by Crippen LogP contribution is -2.42. The van der Waals surface area contributed by atoms with Crippen LogP contribution in [0.5, 0.6) is 0 Å². The Kier molecular flexibility index (Phi) is 7.60. The quantitative estimate of drug-likeness (QED) is 0.457. The molecule has 2 heterocycles. The Hall–Kier alpha value is -2.18. The van der Waals surface area contributed by atoms with E-state index in [9.17, 15) is 22.8 Å². The van der Waals surface area contributed by atoms with Gasteiger partial charge in [0, 0.05) is 12.1 Å². The van der Waals surface area contributed by atoms with Crippen molar-refractivity contribution in [3.63, 3.8) is 0 Å². The largest absolute Gasteiger partial charge is 0.465 e. The first-order valence-corrected chi connectivity index (χ1v) is 11.3. The van der Waals surface area contributed by atoms with Crippen LogP contribution in [0.15, 0.2) is 0 Å². The third-order valence-electron chi connectivity index (χ3n) is 4.45. The molecule has 1 aliphatic heterocycles. The molecule has 2 N–H and O–H groups in total. The van der Waals surface area contributed by atoms with E-state index in [0.29, 0.717) is 19.3 Å². The Bertz CT molecular complexity index is 893. The molecule has 1 aromatic rings. The SMILES string of the molecule is CCCS(=O)(=O)N1CCCC1C(=O)OCc1c(C(=O)OC)sc(N)c1C(=O)OC. The number of nitrogens with two attached hydrogens (primary N) is 1. The lowest BCUT2D eigenvalue weighted by Gasteiger charge is -2.22. The number of hydrogen-bond acceptors (Lipinski definition) is 10. The molecular formula is C17H24N2O8S2. The lowest BCUT2D eigenvalue weighted by molar-refractivity contribution is -0.148. The minimum absolute atomic E-state index is 0.0140. The average Bonchev–Trinajstić information content (AvgIpc) is 3.30. The number of thiophene rings is 1. The van der Waals surface area contributed by atoms with Crippen LogP contribution in [0.1, 0.15) is 51.8 Å². The third kappa shape index (κ3) is 4.87. The summed E-state index contributed by atoms with van der Waals surface area (Å²) in [5.41, 5.74) is 5.83. The van der Waals surface area contributed by atoms with E-state index < -0.39 is 40.6 Å². The molecule has 12 heteroatoms. The molecule has 162 valence electrons. The summed E-state index contributed by atoms with van der Waals surface area (Å²) >= 11 is 0.817. The molecule has 1 aliphatic rings. The van der Waals surface area contributed by atoms with Crippen molar-refractivity contribution in [3.8, 4) is 0 Å². The van der Waals surface area contributed by atoms with Crippen LogP contribution in [0, 0.1) is 0 Å².